The van der Waals surface area contributed by atoms with E-state index in [4.69, 9.17) is 0 Å². The van der Waals surface area contributed by atoms with Crippen LogP contribution in [0.5, 0.6) is 0 Å². The predicted molar refractivity (Wildman–Crippen MR) is 96.7 cm³/mol. The molecule has 1 saturated carbocycles. The number of allylic oxidation sites excluding steroid dienone is 2. The number of piperidine rings is 1. The summed E-state index contributed by atoms with van der Waals surface area (Å²) in [6, 6.07) is 0.677. The van der Waals surface area contributed by atoms with Gasteiger partial charge in [-0.05, 0) is 50.5 Å². The molecule has 4 nitrogen and oxygen atoms in total. The molecule has 2 fully saturated rings. The molecular weight excluding hydrogens is 318 g/mol. The molecule has 2 aliphatic carbocycles. The first-order valence-electron chi connectivity index (χ1n) is 9.19. The molecule has 1 aromatic rings. The van der Waals surface area contributed by atoms with Crippen LogP contribution in [0.15, 0.2) is 23.7 Å². The molecule has 0 N–H and O–H groups in total. The molecule has 0 aromatic carbocycles. The van der Waals surface area contributed by atoms with E-state index in [1.807, 2.05) is 6.20 Å². The molecule has 1 aliphatic heterocycles. The molecule has 1 spiro atoms. The zero-order chi connectivity index (χ0) is 16.6. The van der Waals surface area contributed by atoms with Crippen LogP contribution in [0.1, 0.15) is 43.5 Å². The molecule has 2 heterocycles. The quantitative estimate of drug-likeness (QED) is 0.768. The van der Waals surface area contributed by atoms with Crippen LogP contribution in [0, 0.1) is 11.3 Å². The third kappa shape index (κ3) is 3.29. The summed E-state index contributed by atoms with van der Waals surface area (Å²) >= 11 is 1.74. The van der Waals surface area contributed by atoms with Crippen molar-refractivity contribution in [2.75, 3.05) is 20.1 Å². The van der Waals surface area contributed by atoms with Gasteiger partial charge in [0.25, 0.3) is 0 Å². The molecule has 3 aliphatic rings. The molecule has 24 heavy (non-hydrogen) atoms. The van der Waals surface area contributed by atoms with Gasteiger partial charge < -0.3 is 4.90 Å². The second-order valence-corrected chi connectivity index (χ2v) is 8.75. The number of hydrogen-bond acceptors (Lipinski definition) is 4. The van der Waals surface area contributed by atoms with E-state index in [1.54, 1.807) is 11.3 Å². The Kier molecular flexibility index (Phi) is 4.48. The highest BCUT2D eigenvalue weighted by molar-refractivity contribution is 7.09. The van der Waals surface area contributed by atoms with Crippen molar-refractivity contribution in [1.29, 1.82) is 0 Å². The minimum Gasteiger partial charge on any atom is -0.343 e. The number of likely N-dealkylation sites (tertiary alicyclic amines) is 1. The van der Waals surface area contributed by atoms with Crippen LogP contribution < -0.4 is 0 Å². The molecule has 0 bridgehead atoms. The summed E-state index contributed by atoms with van der Waals surface area (Å²) in [6.07, 6.45) is 13.0. The Bertz CT molecular complexity index is 604. The average Bonchev–Trinajstić information content (AvgIpc) is 2.99. The molecule has 1 amide bonds. The van der Waals surface area contributed by atoms with Crippen LogP contribution in [0.2, 0.25) is 0 Å². The maximum atomic E-state index is 12.5. The maximum absolute atomic E-state index is 12.5. The van der Waals surface area contributed by atoms with Crippen molar-refractivity contribution in [3.8, 4) is 0 Å². The van der Waals surface area contributed by atoms with E-state index >= 15 is 0 Å². The van der Waals surface area contributed by atoms with Crippen molar-refractivity contribution in [2.24, 2.45) is 11.3 Å². The molecule has 0 radical (unpaired) electrons. The number of aromatic nitrogens is 1. The van der Waals surface area contributed by atoms with Gasteiger partial charge in [0.2, 0.25) is 5.91 Å². The van der Waals surface area contributed by atoms with Crippen molar-refractivity contribution < 1.29 is 4.79 Å². The van der Waals surface area contributed by atoms with Crippen LogP contribution in [0.3, 0.4) is 0 Å². The normalized spacial score (nSPS) is 28.0. The smallest absolute Gasteiger partial charge is 0.223 e. The van der Waals surface area contributed by atoms with Gasteiger partial charge in [0.1, 0.15) is 5.01 Å². The van der Waals surface area contributed by atoms with Crippen LogP contribution in [0.4, 0.5) is 0 Å². The Balaban J connectivity index is 1.26. The standard InChI is InChI=1S/C19H27N3OS/c1-21(14-17-20-8-11-24-17)16-13-19(16)6-9-22(10-7-19)18(23)12-15-4-2-3-5-15/h2,4,8,11,15-16H,3,5-7,9-10,12-14H2,1H3/t15-,16+/m0/s1. The Hall–Kier alpha value is -1.20. The van der Waals surface area contributed by atoms with Gasteiger partial charge in [0, 0.05) is 37.1 Å². The van der Waals surface area contributed by atoms with Gasteiger partial charge in [-0.25, -0.2) is 4.98 Å². The van der Waals surface area contributed by atoms with Crippen LogP contribution in [-0.4, -0.2) is 46.9 Å². The average molecular weight is 346 g/mol. The number of hydrogen-bond donors (Lipinski definition) is 0. The summed E-state index contributed by atoms with van der Waals surface area (Å²) in [5, 5.41) is 3.26. The van der Waals surface area contributed by atoms with Gasteiger partial charge in [0.05, 0.1) is 6.54 Å². The predicted octanol–water partition coefficient (Wildman–Crippen LogP) is 3.31. The van der Waals surface area contributed by atoms with Gasteiger partial charge in [-0.3, -0.25) is 9.69 Å². The van der Waals surface area contributed by atoms with E-state index < -0.39 is 0 Å². The van der Waals surface area contributed by atoms with E-state index in [0.29, 0.717) is 23.3 Å². The number of carbonyl (C=O) groups is 1. The van der Waals surface area contributed by atoms with Gasteiger partial charge in [0.15, 0.2) is 0 Å². The highest BCUT2D eigenvalue weighted by atomic mass is 32.1. The lowest BCUT2D eigenvalue weighted by Crippen LogP contribution is -2.41. The summed E-state index contributed by atoms with van der Waals surface area (Å²) < 4.78 is 0. The SMILES string of the molecule is CN(Cc1nccs1)[C@@H]1CC12CCN(C(=O)C[C@H]1C=CCC1)CC2. The Morgan fingerprint density at radius 3 is 2.96 bits per heavy atom. The Morgan fingerprint density at radius 1 is 1.46 bits per heavy atom. The molecule has 2 atom stereocenters. The minimum atomic E-state index is 0.370. The first-order chi connectivity index (χ1) is 11.7. The van der Waals surface area contributed by atoms with Crippen molar-refractivity contribution in [3.05, 3.63) is 28.7 Å². The lowest BCUT2D eigenvalue weighted by Gasteiger charge is -2.34. The van der Waals surface area contributed by atoms with E-state index in [0.717, 1.165) is 38.9 Å². The number of thiazole rings is 1. The molecule has 1 saturated heterocycles. The van der Waals surface area contributed by atoms with Gasteiger partial charge in [-0.1, -0.05) is 12.2 Å². The molecule has 130 valence electrons. The van der Waals surface area contributed by atoms with Gasteiger partial charge in [-0.2, -0.15) is 0 Å². The van der Waals surface area contributed by atoms with Gasteiger partial charge in [-0.15, -0.1) is 11.3 Å². The summed E-state index contributed by atoms with van der Waals surface area (Å²) in [6.45, 7) is 2.87. The summed E-state index contributed by atoms with van der Waals surface area (Å²) in [5.74, 6) is 0.862. The topological polar surface area (TPSA) is 36.4 Å². The number of nitrogens with zero attached hydrogens (tertiary/aromatic N) is 3. The zero-order valence-electron chi connectivity index (χ0n) is 14.5. The molecule has 5 heteroatoms. The molecule has 1 aromatic heterocycles. The highest BCUT2D eigenvalue weighted by Gasteiger charge is 2.56. The number of rotatable bonds is 5. The van der Waals surface area contributed by atoms with E-state index in [-0.39, 0.29) is 0 Å². The summed E-state index contributed by atoms with van der Waals surface area (Å²) in [7, 11) is 2.23. The lowest BCUT2D eigenvalue weighted by atomic mass is 9.91. The highest BCUT2D eigenvalue weighted by Crippen LogP contribution is 2.56. The van der Waals surface area contributed by atoms with E-state index in [2.05, 4.69) is 39.4 Å². The van der Waals surface area contributed by atoms with E-state index in [9.17, 15) is 4.79 Å². The maximum Gasteiger partial charge on any atom is 0.223 e. The molecular formula is C19H27N3OS. The Labute approximate surface area is 148 Å². The molecule has 4 rings (SSSR count). The van der Waals surface area contributed by atoms with Crippen molar-refractivity contribution >= 4 is 17.2 Å². The third-order valence-electron chi connectivity index (χ3n) is 6.21. The van der Waals surface area contributed by atoms with Crippen LogP contribution >= 0.6 is 11.3 Å². The van der Waals surface area contributed by atoms with Gasteiger partial charge >= 0.3 is 0 Å². The Morgan fingerprint density at radius 2 is 2.29 bits per heavy atom. The largest absolute Gasteiger partial charge is 0.343 e. The minimum absolute atomic E-state index is 0.370. The van der Waals surface area contributed by atoms with Crippen molar-refractivity contribution in [2.45, 2.75) is 51.1 Å². The zero-order valence-corrected chi connectivity index (χ0v) is 15.3. The second-order valence-electron chi connectivity index (χ2n) is 7.77. The molecule has 0 unspecified atom stereocenters. The second kappa shape index (κ2) is 6.60. The number of amides is 1. The summed E-state index contributed by atoms with van der Waals surface area (Å²) in [4.78, 5) is 21.5. The monoisotopic (exact) mass is 345 g/mol. The third-order valence-corrected chi connectivity index (χ3v) is 6.97. The fourth-order valence-corrected chi connectivity index (χ4v) is 5.24. The lowest BCUT2D eigenvalue weighted by molar-refractivity contribution is -0.133. The fourth-order valence-electron chi connectivity index (χ4n) is 4.56. The summed E-state index contributed by atoms with van der Waals surface area (Å²) in [5.41, 5.74) is 0.468. The first kappa shape index (κ1) is 16.3. The van der Waals surface area contributed by atoms with Crippen LogP contribution in [0.25, 0.3) is 0 Å². The van der Waals surface area contributed by atoms with Crippen molar-refractivity contribution in [3.63, 3.8) is 0 Å². The first-order valence-corrected chi connectivity index (χ1v) is 10.1. The number of carbonyl (C=O) groups excluding carboxylic acids is 1. The van der Waals surface area contributed by atoms with Crippen molar-refractivity contribution in [1.82, 2.24) is 14.8 Å². The van der Waals surface area contributed by atoms with E-state index in [1.165, 1.54) is 24.3 Å². The van der Waals surface area contributed by atoms with Crippen LogP contribution in [-0.2, 0) is 11.3 Å². The fraction of sp³-hybridized carbons (Fsp3) is 0.684.